The van der Waals surface area contributed by atoms with Crippen LogP contribution in [0.3, 0.4) is 0 Å². The number of rotatable bonds is 22. The number of ether oxygens (including phenoxy) is 2. The number of likely N-dealkylation sites (N-methyl/N-ethyl adjacent to an activating group) is 2. The van der Waals surface area contributed by atoms with Gasteiger partial charge in [0.1, 0.15) is 5.78 Å². The van der Waals surface area contributed by atoms with Gasteiger partial charge in [0.25, 0.3) is 0 Å². The van der Waals surface area contributed by atoms with Crippen molar-refractivity contribution in [3.05, 3.63) is 35.9 Å². The molecule has 294 valence electrons. The number of carbonyl (C=O) groups excluding carboxylic acids is 5. The lowest BCUT2D eigenvalue weighted by Gasteiger charge is -2.41. The van der Waals surface area contributed by atoms with Crippen LogP contribution in [-0.4, -0.2) is 116 Å². The zero-order valence-electron chi connectivity index (χ0n) is 34.4. The highest BCUT2D eigenvalue weighted by atomic mass is 16.5. The molecule has 1 aromatic carbocycles. The highest BCUT2D eigenvalue weighted by Gasteiger charge is 2.43. The minimum absolute atomic E-state index is 0.0136. The molecule has 0 saturated carbocycles. The molecular formula is C42H69N3O7. The van der Waals surface area contributed by atoms with Crippen LogP contribution in [0.15, 0.2) is 30.3 Å². The minimum Gasteiger partial charge on any atom is -0.379 e. The Labute approximate surface area is 314 Å². The molecule has 52 heavy (non-hydrogen) atoms. The van der Waals surface area contributed by atoms with Crippen LogP contribution < -0.4 is 0 Å². The number of carbonyl (C=O) groups is 5. The summed E-state index contributed by atoms with van der Waals surface area (Å²) in [4.78, 5) is 74.0. The Kier molecular flexibility index (Phi) is 18.3. The van der Waals surface area contributed by atoms with Crippen LogP contribution in [0.1, 0.15) is 104 Å². The van der Waals surface area contributed by atoms with Gasteiger partial charge in [0.2, 0.25) is 11.8 Å². The maximum atomic E-state index is 14.3. The molecule has 1 fully saturated rings. The van der Waals surface area contributed by atoms with E-state index in [9.17, 15) is 24.0 Å². The maximum absolute atomic E-state index is 14.3. The number of amides is 2. The normalized spacial score (nSPS) is 19.5. The maximum Gasteiger partial charge on any atom is 0.226 e. The topological polar surface area (TPSA) is 114 Å². The Hall–Kier alpha value is -2.95. The van der Waals surface area contributed by atoms with E-state index in [1.807, 2.05) is 76.7 Å². The monoisotopic (exact) mass is 728 g/mol. The Balaban J connectivity index is 2.26. The van der Waals surface area contributed by atoms with Crippen molar-refractivity contribution in [3.63, 3.8) is 0 Å². The second-order valence-corrected chi connectivity index (χ2v) is 16.1. The number of hydrogen-bond acceptors (Lipinski definition) is 8. The lowest BCUT2D eigenvalue weighted by Crippen LogP contribution is -2.54. The van der Waals surface area contributed by atoms with Crippen molar-refractivity contribution in [1.82, 2.24) is 14.7 Å². The fraction of sp³-hybridized carbons (Fsp3) is 0.738. The average molecular weight is 728 g/mol. The minimum atomic E-state index is -0.587. The predicted molar refractivity (Wildman–Crippen MR) is 206 cm³/mol. The fourth-order valence-corrected chi connectivity index (χ4v) is 8.27. The molecule has 9 atom stereocenters. The molecule has 1 saturated heterocycles. The Morgan fingerprint density at radius 2 is 1.44 bits per heavy atom. The number of likely N-dealkylation sites (tertiary alicyclic amines) is 1. The Bertz CT molecular complexity index is 1310. The molecule has 1 aliphatic rings. The fourth-order valence-electron chi connectivity index (χ4n) is 8.27. The lowest BCUT2D eigenvalue weighted by atomic mass is 9.83. The van der Waals surface area contributed by atoms with Crippen LogP contribution in [0.25, 0.3) is 0 Å². The third-order valence-electron chi connectivity index (χ3n) is 11.4. The molecule has 1 aromatic rings. The van der Waals surface area contributed by atoms with E-state index in [2.05, 4.69) is 13.8 Å². The van der Waals surface area contributed by atoms with Gasteiger partial charge in [-0.25, -0.2) is 0 Å². The summed E-state index contributed by atoms with van der Waals surface area (Å²) in [6, 6.07) is 8.01. The first-order valence-electron chi connectivity index (χ1n) is 19.4. The van der Waals surface area contributed by atoms with E-state index in [4.69, 9.17) is 9.47 Å². The zero-order valence-corrected chi connectivity index (χ0v) is 34.4. The highest BCUT2D eigenvalue weighted by Crippen LogP contribution is 2.31. The highest BCUT2D eigenvalue weighted by molar-refractivity contribution is 6.00. The van der Waals surface area contributed by atoms with Gasteiger partial charge in [0, 0.05) is 64.0 Å². The van der Waals surface area contributed by atoms with Gasteiger partial charge in [-0.3, -0.25) is 28.9 Å². The number of nitrogens with zero attached hydrogens (tertiary/aromatic N) is 3. The molecule has 2 rings (SSSR count). The van der Waals surface area contributed by atoms with Gasteiger partial charge < -0.3 is 19.3 Å². The summed E-state index contributed by atoms with van der Waals surface area (Å²) < 4.78 is 12.0. The molecule has 0 radical (unpaired) electrons. The van der Waals surface area contributed by atoms with E-state index in [0.717, 1.165) is 12.8 Å². The summed E-state index contributed by atoms with van der Waals surface area (Å²) >= 11 is 0. The first kappa shape index (κ1) is 45.2. The third-order valence-corrected chi connectivity index (χ3v) is 11.4. The predicted octanol–water partition coefficient (Wildman–Crippen LogP) is 6.20. The van der Waals surface area contributed by atoms with Crippen molar-refractivity contribution in [1.29, 1.82) is 0 Å². The van der Waals surface area contributed by atoms with Crippen molar-refractivity contribution in [2.75, 3.05) is 41.9 Å². The van der Waals surface area contributed by atoms with Crippen LogP contribution >= 0.6 is 0 Å². The van der Waals surface area contributed by atoms with Crippen molar-refractivity contribution < 1.29 is 33.4 Å². The largest absolute Gasteiger partial charge is 0.379 e. The number of hydrogen-bond donors (Lipinski definition) is 0. The van der Waals surface area contributed by atoms with Gasteiger partial charge in [-0.1, -0.05) is 92.1 Å². The second-order valence-electron chi connectivity index (χ2n) is 16.1. The van der Waals surface area contributed by atoms with E-state index in [1.165, 1.54) is 0 Å². The molecule has 0 unspecified atom stereocenters. The summed E-state index contributed by atoms with van der Waals surface area (Å²) in [5.74, 6) is -1.76. The Morgan fingerprint density at radius 3 is 1.94 bits per heavy atom. The molecule has 1 heterocycles. The standard InChI is InChI=1S/C42H69N3O7/c1-14-28(6)39(44(11)42(50)32(26(2)3)24-35(47)38(27(4)5)43(9)10)36(51-12)25-37(48)45-22-18-21-33(45)41(52-13)30(8)34(46)23-29(7)40(49)31-19-16-15-17-20-31/h15-17,19-20,26-30,32-33,36,38-39,41H,14,18,21-25H2,1-13H3/t28-,29-,30-,32-,33-,36+,38-,39-,41+/m0/s1. The van der Waals surface area contributed by atoms with Crippen molar-refractivity contribution in [3.8, 4) is 0 Å². The summed E-state index contributed by atoms with van der Waals surface area (Å²) in [5.41, 5.74) is 0.583. The summed E-state index contributed by atoms with van der Waals surface area (Å²) in [6.07, 6.45) is 1.41. The molecule has 2 amide bonds. The lowest BCUT2D eigenvalue weighted by molar-refractivity contribution is -0.149. The number of benzene rings is 1. The molecule has 0 spiro atoms. The van der Waals surface area contributed by atoms with Gasteiger partial charge >= 0.3 is 0 Å². The van der Waals surface area contributed by atoms with E-state index < -0.39 is 36.0 Å². The number of ketones is 3. The molecule has 0 N–H and O–H groups in total. The molecule has 0 bridgehead atoms. The molecule has 1 aliphatic heterocycles. The SMILES string of the molecule is CC[C@H](C)[C@@H]([C@@H](CC(=O)N1CCC[C@H]1[C@H](OC)[C@@H](C)C(=O)C[C@H](C)C(=O)c1ccccc1)OC)N(C)C(=O)[C@@H](CC(=O)[C@H](C(C)C)N(C)C)C(C)C. The van der Waals surface area contributed by atoms with Crippen LogP contribution in [0, 0.1) is 35.5 Å². The van der Waals surface area contributed by atoms with E-state index in [-0.39, 0.29) is 78.3 Å². The first-order valence-corrected chi connectivity index (χ1v) is 19.4. The summed E-state index contributed by atoms with van der Waals surface area (Å²) in [5, 5.41) is 0. The van der Waals surface area contributed by atoms with Crippen LogP contribution in [0.5, 0.6) is 0 Å². The first-order chi connectivity index (χ1) is 24.4. The van der Waals surface area contributed by atoms with Gasteiger partial charge in [-0.15, -0.1) is 0 Å². The van der Waals surface area contributed by atoms with Crippen LogP contribution in [0.2, 0.25) is 0 Å². The third kappa shape index (κ3) is 11.5. The number of methoxy groups -OCH3 is 2. The molecule has 0 aromatic heterocycles. The van der Waals surface area contributed by atoms with Crippen molar-refractivity contribution in [2.45, 2.75) is 124 Å². The van der Waals surface area contributed by atoms with Crippen molar-refractivity contribution >= 4 is 29.2 Å². The van der Waals surface area contributed by atoms with Crippen LogP contribution in [0.4, 0.5) is 0 Å². The van der Waals surface area contributed by atoms with Crippen molar-refractivity contribution in [2.24, 2.45) is 35.5 Å². The molecular weight excluding hydrogens is 658 g/mol. The van der Waals surface area contributed by atoms with Gasteiger partial charge in [-0.05, 0) is 44.7 Å². The van der Waals surface area contributed by atoms with Crippen LogP contribution in [-0.2, 0) is 28.7 Å². The molecule has 10 nitrogen and oxygen atoms in total. The van der Waals surface area contributed by atoms with E-state index in [1.54, 1.807) is 45.2 Å². The summed E-state index contributed by atoms with van der Waals surface area (Å²) in [6.45, 7) is 16.3. The van der Waals surface area contributed by atoms with Gasteiger partial charge in [0.15, 0.2) is 11.6 Å². The van der Waals surface area contributed by atoms with E-state index in [0.29, 0.717) is 18.5 Å². The second kappa shape index (κ2) is 21.1. The number of Topliss-reactive ketones (excluding diaryl/α,β-unsaturated/α-hetero) is 3. The average Bonchev–Trinajstić information content (AvgIpc) is 3.59. The molecule has 10 heteroatoms. The summed E-state index contributed by atoms with van der Waals surface area (Å²) in [7, 11) is 8.72. The van der Waals surface area contributed by atoms with Gasteiger partial charge in [-0.2, -0.15) is 0 Å². The van der Waals surface area contributed by atoms with Gasteiger partial charge in [0.05, 0.1) is 36.8 Å². The van der Waals surface area contributed by atoms with E-state index >= 15 is 0 Å². The zero-order chi connectivity index (χ0) is 39.4. The molecule has 0 aliphatic carbocycles. The Morgan fingerprint density at radius 1 is 0.827 bits per heavy atom. The quantitative estimate of drug-likeness (QED) is 0.130. The smallest absolute Gasteiger partial charge is 0.226 e.